The molecule has 0 rings (SSSR count). The molecule has 0 aromatic rings. The Morgan fingerprint density at radius 2 is 2.07 bits per heavy atom. The Morgan fingerprint density at radius 1 is 1.29 bits per heavy atom. The van der Waals surface area contributed by atoms with Crippen molar-refractivity contribution in [2.24, 2.45) is 5.73 Å². The van der Waals surface area contributed by atoms with Gasteiger partial charge in [0.1, 0.15) is 0 Å². The molecule has 86 valence electrons. The third kappa shape index (κ3) is 8.40. The smallest absolute Gasteiger partial charge is 0.0928 e. The minimum Gasteiger partial charge on any atom is -0.382 e. The second kappa shape index (κ2) is 10.9. The van der Waals surface area contributed by atoms with Crippen LogP contribution >= 0.6 is 0 Å². The van der Waals surface area contributed by atoms with Crippen LogP contribution in [0.4, 0.5) is 0 Å². The number of methoxy groups -OCH3 is 2. The number of nitrogens with one attached hydrogen (secondary N) is 1. The van der Waals surface area contributed by atoms with Crippen LogP contribution in [0.15, 0.2) is 0 Å². The van der Waals surface area contributed by atoms with Crippen LogP contribution in [-0.4, -0.2) is 59.8 Å². The first-order chi connectivity index (χ1) is 6.85. The predicted molar refractivity (Wildman–Crippen MR) is 55.4 cm³/mol. The van der Waals surface area contributed by atoms with E-state index in [9.17, 15) is 0 Å². The topological polar surface area (TPSA) is 65.7 Å². The molecule has 0 spiro atoms. The molecule has 0 aromatic carbocycles. The Kier molecular flexibility index (Phi) is 10.7. The van der Waals surface area contributed by atoms with Crippen molar-refractivity contribution in [1.82, 2.24) is 5.32 Å². The van der Waals surface area contributed by atoms with Gasteiger partial charge in [-0.3, -0.25) is 0 Å². The zero-order valence-electron chi connectivity index (χ0n) is 9.12. The molecule has 0 saturated heterocycles. The fraction of sp³-hybridized carbons (Fsp3) is 1.00. The van der Waals surface area contributed by atoms with Crippen molar-refractivity contribution in [2.75, 3.05) is 53.7 Å². The maximum absolute atomic E-state index is 5.27. The summed E-state index contributed by atoms with van der Waals surface area (Å²) >= 11 is 0. The lowest BCUT2D eigenvalue weighted by atomic mass is 10.4. The van der Waals surface area contributed by atoms with E-state index in [2.05, 4.69) is 5.32 Å². The molecule has 5 heteroatoms. The second-order valence-electron chi connectivity index (χ2n) is 2.92. The van der Waals surface area contributed by atoms with Crippen LogP contribution in [0.3, 0.4) is 0 Å². The van der Waals surface area contributed by atoms with Crippen molar-refractivity contribution in [2.45, 2.75) is 6.10 Å². The van der Waals surface area contributed by atoms with Gasteiger partial charge in [0, 0.05) is 33.9 Å². The van der Waals surface area contributed by atoms with E-state index < -0.39 is 0 Å². The van der Waals surface area contributed by atoms with E-state index in [0.29, 0.717) is 26.4 Å². The fourth-order valence-electron chi connectivity index (χ4n) is 0.989. The van der Waals surface area contributed by atoms with Crippen molar-refractivity contribution in [3.05, 3.63) is 0 Å². The molecule has 0 aliphatic heterocycles. The summed E-state index contributed by atoms with van der Waals surface area (Å²) in [5.74, 6) is 0. The van der Waals surface area contributed by atoms with Gasteiger partial charge >= 0.3 is 0 Å². The van der Waals surface area contributed by atoms with Crippen molar-refractivity contribution >= 4 is 0 Å². The third-order valence-electron chi connectivity index (χ3n) is 1.74. The molecular weight excluding hydrogens is 184 g/mol. The number of rotatable bonds is 10. The Labute approximate surface area is 85.9 Å². The van der Waals surface area contributed by atoms with Crippen LogP contribution in [0.2, 0.25) is 0 Å². The van der Waals surface area contributed by atoms with Gasteiger partial charge in [-0.15, -0.1) is 0 Å². The molecule has 0 saturated carbocycles. The highest BCUT2D eigenvalue weighted by molar-refractivity contribution is 4.59. The van der Waals surface area contributed by atoms with E-state index in [0.717, 1.165) is 13.1 Å². The summed E-state index contributed by atoms with van der Waals surface area (Å²) in [6.07, 6.45) is 0.106. The highest BCUT2D eigenvalue weighted by Crippen LogP contribution is 1.87. The summed E-state index contributed by atoms with van der Waals surface area (Å²) in [7, 11) is 3.34. The van der Waals surface area contributed by atoms with Crippen LogP contribution in [0.1, 0.15) is 0 Å². The van der Waals surface area contributed by atoms with E-state index in [1.165, 1.54) is 0 Å². The molecule has 0 aromatic heterocycles. The maximum Gasteiger partial charge on any atom is 0.0928 e. The summed E-state index contributed by atoms with van der Waals surface area (Å²) in [4.78, 5) is 0. The minimum atomic E-state index is 0.106. The van der Waals surface area contributed by atoms with Gasteiger partial charge in [-0.25, -0.2) is 0 Å². The lowest BCUT2D eigenvalue weighted by Crippen LogP contribution is -2.33. The standard InChI is InChI=1S/C9H22N2O3/c1-12-8-9(13-2)7-11-4-6-14-5-3-10/h9,11H,3-8,10H2,1-2H3. The molecule has 1 atom stereocenters. The van der Waals surface area contributed by atoms with Gasteiger partial charge in [0.15, 0.2) is 0 Å². The van der Waals surface area contributed by atoms with Crippen LogP contribution in [-0.2, 0) is 14.2 Å². The van der Waals surface area contributed by atoms with Crippen molar-refractivity contribution in [1.29, 1.82) is 0 Å². The molecular formula is C9H22N2O3. The van der Waals surface area contributed by atoms with Crippen LogP contribution in [0.5, 0.6) is 0 Å². The first-order valence-electron chi connectivity index (χ1n) is 4.85. The van der Waals surface area contributed by atoms with Gasteiger partial charge in [0.2, 0.25) is 0 Å². The van der Waals surface area contributed by atoms with Crippen LogP contribution < -0.4 is 11.1 Å². The number of hydrogen-bond donors (Lipinski definition) is 2. The Balaban J connectivity index is 3.15. The molecule has 0 amide bonds. The van der Waals surface area contributed by atoms with Gasteiger partial charge in [0.05, 0.1) is 25.9 Å². The molecule has 14 heavy (non-hydrogen) atoms. The van der Waals surface area contributed by atoms with E-state index >= 15 is 0 Å². The highest BCUT2D eigenvalue weighted by atomic mass is 16.5. The maximum atomic E-state index is 5.27. The highest BCUT2D eigenvalue weighted by Gasteiger charge is 2.04. The average Bonchev–Trinajstić information content (AvgIpc) is 2.21. The van der Waals surface area contributed by atoms with E-state index in [1.54, 1.807) is 14.2 Å². The molecule has 0 bridgehead atoms. The van der Waals surface area contributed by atoms with Gasteiger partial charge in [-0.2, -0.15) is 0 Å². The van der Waals surface area contributed by atoms with Crippen LogP contribution in [0.25, 0.3) is 0 Å². The zero-order valence-corrected chi connectivity index (χ0v) is 9.12. The van der Waals surface area contributed by atoms with Crippen molar-refractivity contribution in [3.63, 3.8) is 0 Å². The monoisotopic (exact) mass is 206 g/mol. The number of nitrogens with two attached hydrogens (primary N) is 1. The molecule has 0 aliphatic carbocycles. The number of hydrogen-bond acceptors (Lipinski definition) is 5. The molecule has 0 fully saturated rings. The first kappa shape index (κ1) is 13.8. The second-order valence-corrected chi connectivity index (χ2v) is 2.92. The fourth-order valence-corrected chi connectivity index (χ4v) is 0.989. The SMILES string of the molecule is COCC(CNCCOCCN)OC. The zero-order chi connectivity index (χ0) is 10.6. The van der Waals surface area contributed by atoms with Crippen LogP contribution in [0, 0.1) is 0 Å². The summed E-state index contributed by atoms with van der Waals surface area (Å²) in [6, 6.07) is 0. The molecule has 0 heterocycles. The summed E-state index contributed by atoms with van der Waals surface area (Å²) in [5.41, 5.74) is 5.27. The molecule has 0 aliphatic rings. The molecule has 1 unspecified atom stereocenters. The van der Waals surface area contributed by atoms with E-state index in [1.807, 2.05) is 0 Å². The largest absolute Gasteiger partial charge is 0.382 e. The van der Waals surface area contributed by atoms with Gasteiger partial charge in [-0.05, 0) is 0 Å². The predicted octanol–water partition coefficient (Wildman–Crippen LogP) is -0.787. The van der Waals surface area contributed by atoms with Crippen molar-refractivity contribution in [3.8, 4) is 0 Å². The Hall–Kier alpha value is -0.200. The molecule has 3 N–H and O–H groups in total. The minimum absolute atomic E-state index is 0.106. The van der Waals surface area contributed by atoms with Gasteiger partial charge in [-0.1, -0.05) is 0 Å². The van der Waals surface area contributed by atoms with Crippen molar-refractivity contribution < 1.29 is 14.2 Å². The van der Waals surface area contributed by atoms with Gasteiger partial charge < -0.3 is 25.3 Å². The summed E-state index contributed by atoms with van der Waals surface area (Å²) in [6.45, 7) is 4.06. The average molecular weight is 206 g/mol. The Morgan fingerprint density at radius 3 is 2.64 bits per heavy atom. The molecule has 0 radical (unpaired) electrons. The summed E-state index contributed by atoms with van der Waals surface area (Å²) in [5, 5.41) is 3.21. The van der Waals surface area contributed by atoms with E-state index in [4.69, 9.17) is 19.9 Å². The first-order valence-corrected chi connectivity index (χ1v) is 4.85. The number of ether oxygens (including phenoxy) is 3. The van der Waals surface area contributed by atoms with Gasteiger partial charge in [0.25, 0.3) is 0 Å². The lowest BCUT2D eigenvalue weighted by Gasteiger charge is -2.14. The molecule has 5 nitrogen and oxygen atoms in total. The summed E-state index contributed by atoms with van der Waals surface area (Å²) < 4.78 is 15.3. The Bertz CT molecular complexity index is 114. The lowest BCUT2D eigenvalue weighted by molar-refractivity contribution is 0.0277. The quantitative estimate of drug-likeness (QED) is 0.459. The van der Waals surface area contributed by atoms with E-state index in [-0.39, 0.29) is 6.10 Å². The normalized spacial score (nSPS) is 13.1. The third-order valence-corrected chi connectivity index (χ3v) is 1.74.